The van der Waals surface area contributed by atoms with Gasteiger partial charge in [-0.1, -0.05) is 15.9 Å². The van der Waals surface area contributed by atoms with Crippen LogP contribution in [0.5, 0.6) is 11.5 Å². The summed E-state index contributed by atoms with van der Waals surface area (Å²) in [6.07, 6.45) is 0.143. The third-order valence-corrected chi connectivity index (χ3v) is 4.99. The highest BCUT2D eigenvalue weighted by atomic mass is 79.9. The number of aliphatic carboxylic acids is 1. The number of carboxylic acids is 1. The molecule has 1 aliphatic heterocycles. The summed E-state index contributed by atoms with van der Waals surface area (Å²) in [4.78, 5) is 48.9. The van der Waals surface area contributed by atoms with Crippen LogP contribution in [0.2, 0.25) is 0 Å². The van der Waals surface area contributed by atoms with Gasteiger partial charge >= 0.3 is 18.0 Å². The predicted octanol–water partition coefficient (Wildman–Crippen LogP) is 2.78. The number of carbonyl (C=O) groups is 4. The zero-order valence-electron chi connectivity index (χ0n) is 17.7. The summed E-state index contributed by atoms with van der Waals surface area (Å²) < 4.78 is 21.3. The normalized spacial score (nSPS) is 15.4. The van der Waals surface area contributed by atoms with Crippen molar-refractivity contribution in [3.8, 4) is 11.5 Å². The second kappa shape index (κ2) is 9.77. The summed E-state index contributed by atoms with van der Waals surface area (Å²) in [6, 6.07) is 5.27. The quantitative estimate of drug-likeness (QED) is 0.303. The summed E-state index contributed by atoms with van der Waals surface area (Å²) in [5.41, 5.74) is 0.221. The molecule has 2 N–H and O–H groups in total. The van der Waals surface area contributed by atoms with Gasteiger partial charge in [-0.3, -0.25) is 9.69 Å². The topological polar surface area (TPSA) is 145 Å². The van der Waals surface area contributed by atoms with Gasteiger partial charge < -0.3 is 29.1 Å². The number of nitrogens with one attached hydrogen (secondary N) is 1. The Morgan fingerprint density at radius 3 is 2.64 bits per heavy atom. The van der Waals surface area contributed by atoms with Crippen LogP contribution in [-0.2, 0) is 20.9 Å². The zero-order valence-corrected chi connectivity index (χ0v) is 19.3. The number of methoxy groups -OCH3 is 2. The van der Waals surface area contributed by atoms with Crippen molar-refractivity contribution in [2.45, 2.75) is 19.6 Å². The molecule has 3 rings (SSSR count). The van der Waals surface area contributed by atoms with Gasteiger partial charge in [-0.2, -0.15) is 0 Å². The van der Waals surface area contributed by atoms with Crippen molar-refractivity contribution in [3.05, 3.63) is 51.5 Å². The first-order valence-electron chi connectivity index (χ1n) is 9.43. The fourth-order valence-electron chi connectivity index (χ4n) is 2.90. The van der Waals surface area contributed by atoms with E-state index >= 15 is 0 Å². The summed E-state index contributed by atoms with van der Waals surface area (Å²) in [7, 11) is 2.58. The molecule has 0 spiro atoms. The Bertz CT molecular complexity index is 1150. The summed E-state index contributed by atoms with van der Waals surface area (Å²) in [6.45, 7) is 1.12. The molecule has 2 heterocycles. The molecule has 1 aliphatic rings. The highest BCUT2D eigenvalue weighted by Crippen LogP contribution is 2.37. The van der Waals surface area contributed by atoms with E-state index in [4.69, 9.17) is 13.9 Å². The second-order valence-electron chi connectivity index (χ2n) is 6.76. The number of urea groups is 1. The van der Waals surface area contributed by atoms with Crippen LogP contribution in [0.4, 0.5) is 4.79 Å². The molecule has 3 amide bonds. The molecular formula is C21H19BrN2O9. The lowest BCUT2D eigenvalue weighted by Gasteiger charge is -2.17. The number of carboxylic acid groups (broad SMARTS) is 1. The summed E-state index contributed by atoms with van der Waals surface area (Å²) >= 11 is 3.32. The van der Waals surface area contributed by atoms with Gasteiger partial charge in [0.1, 0.15) is 11.5 Å². The number of carbonyl (C=O) groups excluding carboxylic acids is 3. The molecule has 11 nitrogen and oxygen atoms in total. The van der Waals surface area contributed by atoms with Crippen molar-refractivity contribution < 1.29 is 42.9 Å². The summed E-state index contributed by atoms with van der Waals surface area (Å²) in [5, 5.41) is 11.7. The Morgan fingerprint density at radius 2 is 2.00 bits per heavy atom. The molecule has 0 radical (unpaired) electrons. The number of benzene rings is 1. The van der Waals surface area contributed by atoms with E-state index in [1.54, 1.807) is 12.1 Å². The van der Waals surface area contributed by atoms with Gasteiger partial charge in [0.15, 0.2) is 17.6 Å². The highest BCUT2D eigenvalue weighted by molar-refractivity contribution is 9.10. The van der Waals surface area contributed by atoms with E-state index < -0.39 is 30.0 Å². The van der Waals surface area contributed by atoms with Crippen molar-refractivity contribution >= 4 is 45.9 Å². The Labute approximate surface area is 196 Å². The van der Waals surface area contributed by atoms with Crippen molar-refractivity contribution in [1.29, 1.82) is 0 Å². The van der Waals surface area contributed by atoms with Crippen LogP contribution < -0.4 is 14.8 Å². The predicted molar refractivity (Wildman–Crippen MR) is 116 cm³/mol. The lowest BCUT2D eigenvalue weighted by Crippen LogP contribution is -2.30. The molecule has 174 valence electrons. The van der Waals surface area contributed by atoms with Gasteiger partial charge in [0.2, 0.25) is 5.76 Å². The first-order chi connectivity index (χ1) is 15.6. The second-order valence-corrected chi connectivity index (χ2v) is 7.68. The van der Waals surface area contributed by atoms with Gasteiger partial charge in [0.05, 0.1) is 20.8 Å². The molecular weight excluding hydrogens is 504 g/mol. The number of furan rings is 1. The van der Waals surface area contributed by atoms with Crippen LogP contribution in [0.3, 0.4) is 0 Å². The molecule has 12 heteroatoms. The molecule has 0 saturated carbocycles. The van der Waals surface area contributed by atoms with E-state index in [9.17, 15) is 24.3 Å². The number of esters is 1. The third kappa shape index (κ3) is 5.17. The summed E-state index contributed by atoms with van der Waals surface area (Å²) in [5.74, 6) is -2.10. The average molecular weight is 523 g/mol. The number of amides is 3. The highest BCUT2D eigenvalue weighted by Gasteiger charge is 2.35. The smallest absolute Gasteiger partial charge is 0.373 e. The molecule has 1 saturated heterocycles. The largest absolute Gasteiger partial charge is 0.493 e. The van der Waals surface area contributed by atoms with Crippen LogP contribution in [0.1, 0.15) is 28.8 Å². The number of rotatable bonds is 8. The van der Waals surface area contributed by atoms with Crippen molar-refractivity contribution in [2.24, 2.45) is 0 Å². The van der Waals surface area contributed by atoms with E-state index in [0.717, 1.165) is 4.90 Å². The van der Waals surface area contributed by atoms with Gasteiger partial charge in [0, 0.05) is 10.0 Å². The van der Waals surface area contributed by atoms with E-state index in [-0.39, 0.29) is 35.3 Å². The molecule has 1 aromatic heterocycles. The maximum absolute atomic E-state index is 12.9. The average Bonchev–Trinajstić information content (AvgIpc) is 3.35. The SMILES string of the molecule is COC(=O)c1ccc(CN2C(=O)N/C(=C/c3cc(Br)cc(OC)c3O[C@H](C)C(=O)O)C2=O)o1. The Kier molecular flexibility index (Phi) is 7.07. The standard InChI is InChI=1S/C21H19BrN2O9/c1-10(19(26)27)32-17-11(6-12(22)8-16(17)30-2)7-14-18(25)24(21(29)23-14)9-13-4-5-15(33-13)20(28)31-3/h4-8,10H,9H2,1-3H3,(H,23,29)(H,26,27)/b14-7+/t10-/m1/s1. The van der Waals surface area contributed by atoms with Crippen LogP contribution in [-0.4, -0.2) is 54.2 Å². The van der Waals surface area contributed by atoms with E-state index in [1.165, 1.54) is 39.4 Å². The lowest BCUT2D eigenvalue weighted by atomic mass is 10.1. The molecule has 1 fully saturated rings. The molecule has 0 unspecified atom stereocenters. The van der Waals surface area contributed by atoms with E-state index in [2.05, 4.69) is 26.0 Å². The van der Waals surface area contributed by atoms with Gasteiger partial charge in [0.25, 0.3) is 5.91 Å². The van der Waals surface area contributed by atoms with Crippen molar-refractivity contribution in [3.63, 3.8) is 0 Å². The zero-order chi connectivity index (χ0) is 24.3. The van der Waals surface area contributed by atoms with E-state index in [1.807, 2.05) is 0 Å². The third-order valence-electron chi connectivity index (χ3n) is 4.53. The fraction of sp³-hybridized carbons (Fsp3) is 0.238. The van der Waals surface area contributed by atoms with Gasteiger partial charge in [-0.25, -0.2) is 14.4 Å². The molecule has 33 heavy (non-hydrogen) atoms. The Balaban J connectivity index is 1.91. The number of nitrogens with zero attached hydrogens (tertiary/aromatic N) is 1. The first-order valence-corrected chi connectivity index (χ1v) is 10.2. The van der Waals surface area contributed by atoms with Crippen LogP contribution in [0.25, 0.3) is 6.08 Å². The van der Waals surface area contributed by atoms with Crippen molar-refractivity contribution in [2.75, 3.05) is 14.2 Å². The number of hydrogen-bond donors (Lipinski definition) is 2. The number of halogens is 1. The van der Waals surface area contributed by atoms with Crippen LogP contribution in [0, 0.1) is 0 Å². The molecule has 2 aromatic rings. The minimum absolute atomic E-state index is 0.0640. The van der Waals surface area contributed by atoms with Gasteiger partial charge in [-0.05, 0) is 37.3 Å². The molecule has 0 bridgehead atoms. The lowest BCUT2D eigenvalue weighted by molar-refractivity contribution is -0.144. The molecule has 0 aliphatic carbocycles. The maximum Gasteiger partial charge on any atom is 0.373 e. The minimum atomic E-state index is -1.20. The van der Waals surface area contributed by atoms with Gasteiger partial charge in [-0.15, -0.1) is 0 Å². The molecule has 1 aromatic carbocycles. The maximum atomic E-state index is 12.9. The molecule has 1 atom stereocenters. The van der Waals surface area contributed by atoms with E-state index in [0.29, 0.717) is 10.0 Å². The first kappa shape index (κ1) is 23.9. The number of hydrogen-bond acceptors (Lipinski definition) is 8. The van der Waals surface area contributed by atoms with Crippen molar-refractivity contribution in [1.82, 2.24) is 10.2 Å². The Morgan fingerprint density at radius 1 is 1.27 bits per heavy atom. The Hall–Kier alpha value is -3.80. The number of imide groups is 1. The minimum Gasteiger partial charge on any atom is -0.493 e. The monoisotopic (exact) mass is 522 g/mol. The van der Waals surface area contributed by atoms with Crippen LogP contribution in [0.15, 0.2) is 38.9 Å². The fourth-order valence-corrected chi connectivity index (χ4v) is 3.36. The van der Waals surface area contributed by atoms with Crippen LogP contribution >= 0.6 is 15.9 Å². The number of ether oxygens (including phenoxy) is 3.